The van der Waals surface area contributed by atoms with Crippen molar-refractivity contribution in [3.63, 3.8) is 0 Å². The number of anilines is 3. The molecule has 0 aliphatic rings. The fourth-order valence-corrected chi connectivity index (χ4v) is 4.04. The molecule has 0 aliphatic heterocycles. The fourth-order valence-electron chi connectivity index (χ4n) is 2.69. The summed E-state index contributed by atoms with van der Waals surface area (Å²) in [5, 5.41) is 9.85. The van der Waals surface area contributed by atoms with Crippen LogP contribution in [0, 0.1) is 0 Å². The fraction of sp³-hybridized carbons (Fsp3) is 0.136. The van der Waals surface area contributed by atoms with Crippen molar-refractivity contribution in [1.29, 1.82) is 0 Å². The molecule has 3 N–H and O–H groups in total. The van der Waals surface area contributed by atoms with Gasteiger partial charge in [-0.05, 0) is 55.0 Å². The number of ether oxygens (including phenoxy) is 1. The Morgan fingerprint density at radius 2 is 1.60 bits per heavy atom. The van der Waals surface area contributed by atoms with Crippen molar-refractivity contribution >= 4 is 56.9 Å². The van der Waals surface area contributed by atoms with Gasteiger partial charge in [-0.1, -0.05) is 30.3 Å². The zero-order chi connectivity index (χ0) is 21.5. The second-order valence-corrected chi connectivity index (χ2v) is 7.74. The molecule has 3 rings (SSSR count). The van der Waals surface area contributed by atoms with Crippen molar-refractivity contribution in [2.45, 2.75) is 13.8 Å². The maximum atomic E-state index is 12.4. The third-order valence-corrected chi connectivity index (χ3v) is 5.28. The molecule has 0 saturated heterocycles. The first-order valence-corrected chi connectivity index (χ1v) is 10.5. The lowest BCUT2D eigenvalue weighted by atomic mass is 10.1. The monoisotopic (exact) mass is 439 g/mol. The summed E-state index contributed by atoms with van der Waals surface area (Å²) < 4.78 is 5.19. The summed E-state index contributed by atoms with van der Waals surface area (Å²) in [7, 11) is 0. The van der Waals surface area contributed by atoms with Crippen LogP contribution in [0.2, 0.25) is 0 Å². The molecule has 0 aliphatic carbocycles. The van der Waals surface area contributed by atoms with Gasteiger partial charge in [0, 0.05) is 23.2 Å². The van der Waals surface area contributed by atoms with Crippen molar-refractivity contribution in [3.05, 3.63) is 66.2 Å². The minimum Gasteiger partial charge on any atom is -0.462 e. The third-order valence-electron chi connectivity index (χ3n) is 3.98. The average Bonchev–Trinajstić information content (AvgIpc) is 3.14. The first kappa shape index (κ1) is 21.5. The van der Waals surface area contributed by atoms with Gasteiger partial charge < -0.3 is 20.7 Å². The van der Waals surface area contributed by atoms with E-state index >= 15 is 0 Å². The number of hydrogen-bond donors (Lipinski definition) is 3. The van der Waals surface area contributed by atoms with Crippen molar-refractivity contribution in [1.82, 2.24) is 0 Å². The van der Waals surface area contributed by atoms with Gasteiger partial charge in [-0.15, -0.1) is 11.3 Å². The van der Waals surface area contributed by atoms with Gasteiger partial charge in [0.2, 0.25) is 5.91 Å². The van der Waals surface area contributed by atoms with Gasteiger partial charge in [0.25, 0.3) is 0 Å². The molecule has 1 amide bonds. The van der Waals surface area contributed by atoms with Crippen molar-refractivity contribution in [3.8, 4) is 10.4 Å². The summed E-state index contributed by atoms with van der Waals surface area (Å²) >= 11 is 6.85. The topological polar surface area (TPSA) is 79.5 Å². The highest BCUT2D eigenvalue weighted by Gasteiger charge is 2.19. The summed E-state index contributed by atoms with van der Waals surface area (Å²) in [5.74, 6) is -0.535. The van der Waals surface area contributed by atoms with E-state index in [0.717, 1.165) is 16.1 Å². The number of amides is 1. The predicted octanol–water partition coefficient (Wildman–Crippen LogP) is 5.36. The van der Waals surface area contributed by atoms with E-state index in [9.17, 15) is 9.59 Å². The number of carbonyl (C=O) groups is 2. The summed E-state index contributed by atoms with van der Waals surface area (Å²) in [5.41, 5.74) is 2.89. The Bertz CT molecular complexity index is 1050. The lowest BCUT2D eigenvalue weighted by molar-refractivity contribution is -0.114. The Morgan fingerprint density at radius 3 is 2.20 bits per heavy atom. The van der Waals surface area contributed by atoms with E-state index in [0.29, 0.717) is 21.4 Å². The molecule has 0 spiro atoms. The summed E-state index contributed by atoms with van der Waals surface area (Å²) in [6.07, 6.45) is 0. The van der Waals surface area contributed by atoms with Gasteiger partial charge in [-0.2, -0.15) is 0 Å². The Kier molecular flexibility index (Phi) is 7.16. The smallest absolute Gasteiger partial charge is 0.341 e. The number of benzene rings is 2. The molecule has 30 heavy (non-hydrogen) atoms. The van der Waals surface area contributed by atoms with E-state index in [1.807, 2.05) is 36.4 Å². The first-order chi connectivity index (χ1) is 14.5. The number of rotatable bonds is 6. The number of hydrogen-bond acceptors (Lipinski definition) is 5. The van der Waals surface area contributed by atoms with Crippen LogP contribution in [0.15, 0.2) is 60.7 Å². The van der Waals surface area contributed by atoms with E-state index < -0.39 is 5.97 Å². The Balaban J connectivity index is 1.77. The molecular weight excluding hydrogens is 418 g/mol. The molecule has 0 atom stereocenters. The zero-order valence-corrected chi connectivity index (χ0v) is 18.2. The van der Waals surface area contributed by atoms with Crippen LogP contribution in [0.3, 0.4) is 0 Å². The highest BCUT2D eigenvalue weighted by molar-refractivity contribution is 7.80. The van der Waals surface area contributed by atoms with Gasteiger partial charge in [-0.25, -0.2) is 4.79 Å². The molecule has 2 aromatic carbocycles. The number of thiocarbonyl (C=S) groups is 1. The van der Waals surface area contributed by atoms with Crippen LogP contribution in [0.5, 0.6) is 0 Å². The first-order valence-electron chi connectivity index (χ1n) is 9.28. The molecule has 0 fully saturated rings. The van der Waals surface area contributed by atoms with Crippen LogP contribution in [-0.4, -0.2) is 23.6 Å². The Hall–Kier alpha value is -3.23. The van der Waals surface area contributed by atoms with Crippen molar-refractivity contribution in [2.75, 3.05) is 22.6 Å². The Labute approximate surface area is 184 Å². The van der Waals surface area contributed by atoms with Gasteiger partial charge in [0.15, 0.2) is 5.11 Å². The lowest BCUT2D eigenvalue weighted by Gasteiger charge is -2.11. The minimum atomic E-state index is -0.402. The second kappa shape index (κ2) is 10.00. The van der Waals surface area contributed by atoms with E-state index in [-0.39, 0.29) is 12.5 Å². The van der Waals surface area contributed by atoms with E-state index in [1.165, 1.54) is 18.3 Å². The van der Waals surface area contributed by atoms with Crippen LogP contribution in [0.1, 0.15) is 24.2 Å². The molecular formula is C22H21N3O3S2. The van der Waals surface area contributed by atoms with Crippen LogP contribution in [0.4, 0.5) is 16.4 Å². The van der Waals surface area contributed by atoms with Crippen molar-refractivity contribution in [2.24, 2.45) is 0 Å². The maximum Gasteiger partial charge on any atom is 0.341 e. The molecule has 8 heteroatoms. The van der Waals surface area contributed by atoms with E-state index in [1.54, 1.807) is 31.2 Å². The van der Waals surface area contributed by atoms with Crippen LogP contribution in [0.25, 0.3) is 10.4 Å². The number of thiophene rings is 1. The molecule has 3 aromatic rings. The highest BCUT2D eigenvalue weighted by atomic mass is 32.1. The molecule has 6 nitrogen and oxygen atoms in total. The van der Waals surface area contributed by atoms with Gasteiger partial charge in [-0.3, -0.25) is 4.79 Å². The molecule has 1 aromatic heterocycles. The minimum absolute atomic E-state index is 0.133. The molecule has 0 unspecified atom stereocenters. The summed E-state index contributed by atoms with van der Waals surface area (Å²) in [4.78, 5) is 24.5. The van der Waals surface area contributed by atoms with Crippen LogP contribution >= 0.6 is 23.6 Å². The van der Waals surface area contributed by atoms with E-state index in [2.05, 4.69) is 16.0 Å². The second-order valence-electron chi connectivity index (χ2n) is 6.28. The number of carbonyl (C=O) groups excluding carboxylic acids is 2. The predicted molar refractivity (Wildman–Crippen MR) is 126 cm³/mol. The summed E-state index contributed by atoms with van der Waals surface area (Å²) in [6.45, 7) is 3.52. The normalized spacial score (nSPS) is 10.2. The average molecular weight is 440 g/mol. The highest BCUT2D eigenvalue weighted by Crippen LogP contribution is 2.36. The summed E-state index contributed by atoms with van der Waals surface area (Å²) in [6, 6.07) is 18.8. The zero-order valence-electron chi connectivity index (χ0n) is 16.5. The lowest BCUT2D eigenvalue weighted by Crippen LogP contribution is -2.20. The van der Waals surface area contributed by atoms with E-state index in [4.69, 9.17) is 17.0 Å². The number of esters is 1. The van der Waals surface area contributed by atoms with Gasteiger partial charge >= 0.3 is 5.97 Å². The maximum absolute atomic E-state index is 12.4. The molecule has 0 saturated carbocycles. The van der Waals surface area contributed by atoms with Gasteiger partial charge in [0.05, 0.1) is 12.2 Å². The SMILES string of the molecule is CCOC(=O)c1cc(-c2ccccc2)sc1NC(=S)Nc1ccc(NC(C)=O)cc1. The third kappa shape index (κ3) is 5.65. The molecule has 0 radical (unpaired) electrons. The Morgan fingerprint density at radius 1 is 0.967 bits per heavy atom. The standard InChI is InChI=1S/C22H21N3O3S2/c1-3-28-21(27)18-13-19(15-7-5-4-6-8-15)30-20(18)25-22(29)24-17-11-9-16(10-12-17)23-14(2)26/h4-13H,3H2,1-2H3,(H,23,26)(H2,24,25,29). The van der Waals surface area contributed by atoms with Gasteiger partial charge in [0.1, 0.15) is 5.00 Å². The van der Waals surface area contributed by atoms with Crippen LogP contribution < -0.4 is 16.0 Å². The quantitative estimate of drug-likeness (QED) is 0.354. The molecule has 1 heterocycles. The largest absolute Gasteiger partial charge is 0.462 e. The van der Waals surface area contributed by atoms with Crippen LogP contribution in [-0.2, 0) is 9.53 Å². The molecule has 0 bridgehead atoms. The van der Waals surface area contributed by atoms with Crippen molar-refractivity contribution < 1.29 is 14.3 Å². The number of nitrogens with one attached hydrogen (secondary N) is 3. The molecule has 154 valence electrons.